The summed E-state index contributed by atoms with van der Waals surface area (Å²) < 4.78 is 5.26. The lowest BCUT2D eigenvalue weighted by Gasteiger charge is -2.10. The van der Waals surface area contributed by atoms with Crippen LogP contribution in [-0.4, -0.2) is 27.2 Å². The average Bonchev–Trinajstić information content (AvgIpc) is 2.68. The van der Waals surface area contributed by atoms with Gasteiger partial charge in [0.25, 0.3) is 0 Å². The van der Waals surface area contributed by atoms with E-state index in [1.54, 1.807) is 18.2 Å². The number of benzene rings is 2. The van der Waals surface area contributed by atoms with E-state index in [-0.39, 0.29) is 12.6 Å². The second-order valence-corrected chi connectivity index (χ2v) is 7.14. The highest BCUT2D eigenvalue weighted by molar-refractivity contribution is 6.33. The number of nitrogens with zero attached hydrogens (tertiary/aromatic N) is 3. The third-order valence-electron chi connectivity index (χ3n) is 4.11. The number of rotatable bonds is 6. The van der Waals surface area contributed by atoms with Gasteiger partial charge in [0.1, 0.15) is 0 Å². The van der Waals surface area contributed by atoms with Gasteiger partial charge in [-0.25, -0.2) is 4.98 Å². The van der Waals surface area contributed by atoms with E-state index in [9.17, 15) is 5.11 Å². The lowest BCUT2D eigenvalue weighted by molar-refractivity contribution is 0.282. The van der Waals surface area contributed by atoms with E-state index < -0.39 is 0 Å². The zero-order valence-corrected chi connectivity index (χ0v) is 16.4. The zero-order chi connectivity index (χ0) is 19.4. The fraction of sp³-hybridized carbons (Fsp3) is 0.286. The molecule has 1 N–H and O–H groups in total. The molecule has 0 amide bonds. The Labute approximate surface area is 164 Å². The summed E-state index contributed by atoms with van der Waals surface area (Å²) in [5, 5.41) is 9.90. The van der Waals surface area contributed by atoms with Crippen molar-refractivity contribution in [3.05, 3.63) is 58.6 Å². The Morgan fingerprint density at radius 3 is 2.26 bits per heavy atom. The molecule has 0 aliphatic carbocycles. The Kier molecular flexibility index (Phi) is 6.04. The van der Waals surface area contributed by atoms with E-state index in [4.69, 9.17) is 16.3 Å². The molecule has 0 aliphatic rings. The molecule has 0 saturated carbocycles. The van der Waals surface area contributed by atoms with Gasteiger partial charge in [0.15, 0.2) is 11.6 Å². The first kappa shape index (κ1) is 19.3. The summed E-state index contributed by atoms with van der Waals surface area (Å²) in [7, 11) is 1.51. The number of aromatic nitrogens is 3. The predicted octanol–water partition coefficient (Wildman–Crippen LogP) is 4.56. The number of hydrogen-bond donors (Lipinski definition) is 1. The summed E-state index contributed by atoms with van der Waals surface area (Å²) in [4.78, 5) is 13.3. The van der Waals surface area contributed by atoms with Crippen LogP contribution in [0.25, 0.3) is 22.8 Å². The molecular formula is C21H22ClN3O2. The number of ether oxygens (including phenoxy) is 1. The minimum Gasteiger partial charge on any atom is -0.467 e. The molecule has 0 unspecified atom stereocenters. The van der Waals surface area contributed by atoms with Crippen LogP contribution in [0.1, 0.15) is 25.0 Å². The van der Waals surface area contributed by atoms with Gasteiger partial charge < -0.3 is 9.84 Å². The highest BCUT2D eigenvalue weighted by Crippen LogP contribution is 2.29. The molecule has 0 saturated heterocycles. The highest BCUT2D eigenvalue weighted by Gasteiger charge is 2.14. The van der Waals surface area contributed by atoms with Crippen molar-refractivity contribution in [3.63, 3.8) is 0 Å². The summed E-state index contributed by atoms with van der Waals surface area (Å²) in [5.74, 6) is 1.52. The molecule has 0 spiro atoms. The quantitative estimate of drug-likeness (QED) is 0.675. The Bertz CT molecular complexity index is 927. The lowest BCUT2D eigenvalue weighted by Crippen LogP contribution is -2.01. The van der Waals surface area contributed by atoms with E-state index in [0.29, 0.717) is 28.2 Å². The van der Waals surface area contributed by atoms with E-state index in [1.807, 2.05) is 12.1 Å². The molecule has 5 nitrogen and oxygen atoms in total. The molecule has 2 aromatic carbocycles. The molecule has 140 valence electrons. The van der Waals surface area contributed by atoms with Crippen LogP contribution in [-0.2, 0) is 13.0 Å². The maximum atomic E-state index is 9.40. The molecule has 0 bridgehead atoms. The van der Waals surface area contributed by atoms with Gasteiger partial charge in [0, 0.05) is 11.1 Å². The number of aliphatic hydroxyl groups is 1. The van der Waals surface area contributed by atoms with Crippen LogP contribution in [0.4, 0.5) is 0 Å². The Hall–Kier alpha value is -2.50. The molecule has 3 rings (SSSR count). The van der Waals surface area contributed by atoms with E-state index >= 15 is 0 Å². The molecule has 0 fully saturated rings. The third-order valence-corrected chi connectivity index (χ3v) is 4.44. The summed E-state index contributed by atoms with van der Waals surface area (Å²) in [6, 6.07) is 13.6. The molecular weight excluding hydrogens is 362 g/mol. The van der Waals surface area contributed by atoms with E-state index in [1.165, 1.54) is 12.7 Å². The van der Waals surface area contributed by atoms with E-state index in [0.717, 1.165) is 17.5 Å². The Morgan fingerprint density at radius 1 is 0.963 bits per heavy atom. The summed E-state index contributed by atoms with van der Waals surface area (Å²) in [5.41, 5.74) is 3.50. The summed E-state index contributed by atoms with van der Waals surface area (Å²) in [6.07, 6.45) is 1.02. The normalized spacial score (nSPS) is 11.0. The van der Waals surface area contributed by atoms with Gasteiger partial charge in [-0.05, 0) is 35.6 Å². The Morgan fingerprint density at radius 2 is 1.63 bits per heavy atom. The van der Waals surface area contributed by atoms with Crippen molar-refractivity contribution in [2.45, 2.75) is 26.9 Å². The van der Waals surface area contributed by atoms with Crippen molar-refractivity contribution in [2.24, 2.45) is 5.92 Å². The largest absolute Gasteiger partial charge is 0.467 e. The smallest absolute Gasteiger partial charge is 0.320 e. The van der Waals surface area contributed by atoms with Gasteiger partial charge in [-0.2, -0.15) is 9.97 Å². The van der Waals surface area contributed by atoms with Crippen LogP contribution in [0.15, 0.2) is 42.5 Å². The van der Waals surface area contributed by atoms with Crippen LogP contribution in [0, 0.1) is 5.92 Å². The fourth-order valence-corrected chi connectivity index (χ4v) is 3.00. The van der Waals surface area contributed by atoms with Crippen LogP contribution in [0.5, 0.6) is 6.01 Å². The molecule has 1 heterocycles. The van der Waals surface area contributed by atoms with Gasteiger partial charge in [-0.15, -0.1) is 0 Å². The SMILES string of the molecule is COc1nc(-c2ccc(CC(C)C)cc2)nc(-c2cc(CO)ccc2Cl)n1. The van der Waals surface area contributed by atoms with Crippen molar-refractivity contribution in [2.75, 3.05) is 7.11 Å². The number of aliphatic hydroxyl groups excluding tert-OH is 1. The van der Waals surface area contributed by atoms with E-state index in [2.05, 4.69) is 40.9 Å². The highest BCUT2D eigenvalue weighted by atomic mass is 35.5. The van der Waals surface area contributed by atoms with Crippen LogP contribution >= 0.6 is 11.6 Å². The number of methoxy groups -OCH3 is 1. The number of hydrogen-bond acceptors (Lipinski definition) is 5. The molecule has 0 radical (unpaired) electrons. The minimum absolute atomic E-state index is 0.0867. The first-order valence-corrected chi connectivity index (χ1v) is 9.17. The van der Waals surface area contributed by atoms with Crippen molar-refractivity contribution in [3.8, 4) is 28.8 Å². The van der Waals surface area contributed by atoms with Gasteiger partial charge in [-0.1, -0.05) is 55.8 Å². The van der Waals surface area contributed by atoms with Crippen molar-refractivity contribution >= 4 is 11.6 Å². The lowest BCUT2D eigenvalue weighted by atomic mass is 10.0. The number of halogens is 1. The molecule has 3 aromatic rings. The first-order valence-electron chi connectivity index (χ1n) is 8.79. The van der Waals surface area contributed by atoms with Crippen LogP contribution in [0.2, 0.25) is 5.02 Å². The van der Waals surface area contributed by atoms with Crippen molar-refractivity contribution in [1.82, 2.24) is 15.0 Å². The van der Waals surface area contributed by atoms with Crippen LogP contribution in [0.3, 0.4) is 0 Å². The maximum Gasteiger partial charge on any atom is 0.320 e. The summed E-state index contributed by atoms with van der Waals surface area (Å²) in [6.45, 7) is 4.30. The van der Waals surface area contributed by atoms with Gasteiger partial charge in [0.2, 0.25) is 0 Å². The summed E-state index contributed by atoms with van der Waals surface area (Å²) >= 11 is 6.33. The average molecular weight is 384 g/mol. The topological polar surface area (TPSA) is 68.1 Å². The standard InChI is InChI=1S/C21H22ClN3O2/c1-13(2)10-14-4-7-16(8-5-14)19-23-20(25-21(24-19)27-3)17-11-15(12-26)6-9-18(17)22/h4-9,11,13,26H,10,12H2,1-3H3. The molecule has 1 aromatic heterocycles. The van der Waals surface area contributed by atoms with Gasteiger partial charge >= 0.3 is 6.01 Å². The van der Waals surface area contributed by atoms with Crippen molar-refractivity contribution < 1.29 is 9.84 Å². The predicted molar refractivity (Wildman–Crippen MR) is 107 cm³/mol. The minimum atomic E-state index is -0.0867. The molecule has 6 heteroatoms. The Balaban J connectivity index is 2.04. The monoisotopic (exact) mass is 383 g/mol. The zero-order valence-electron chi connectivity index (χ0n) is 15.6. The first-order chi connectivity index (χ1) is 13.0. The van der Waals surface area contributed by atoms with Crippen LogP contribution < -0.4 is 4.74 Å². The second-order valence-electron chi connectivity index (χ2n) is 6.74. The third kappa shape index (κ3) is 4.62. The molecule has 0 aliphatic heterocycles. The fourth-order valence-electron chi connectivity index (χ4n) is 2.80. The molecule has 27 heavy (non-hydrogen) atoms. The molecule has 0 atom stereocenters. The van der Waals surface area contributed by atoms with Gasteiger partial charge in [-0.3, -0.25) is 0 Å². The second kappa shape index (κ2) is 8.46. The maximum absolute atomic E-state index is 9.40. The van der Waals surface area contributed by atoms with Crippen molar-refractivity contribution in [1.29, 1.82) is 0 Å². The van der Waals surface area contributed by atoms with Gasteiger partial charge in [0.05, 0.1) is 18.7 Å².